The average molecular weight is 428 g/mol. The third kappa shape index (κ3) is 3.20. The Balaban J connectivity index is 1.40. The molecule has 158 valence electrons. The molecule has 0 spiro atoms. The maximum absolute atomic E-state index is 12.2. The lowest BCUT2D eigenvalue weighted by Gasteiger charge is -2.22. The third-order valence-corrected chi connectivity index (χ3v) is 8.00. The molecule has 3 N–H and O–H groups in total. The summed E-state index contributed by atoms with van der Waals surface area (Å²) in [6.07, 6.45) is 1.69. The van der Waals surface area contributed by atoms with Crippen LogP contribution in [0.2, 0.25) is 0 Å². The molecule has 0 amide bonds. The van der Waals surface area contributed by atoms with Gasteiger partial charge in [-0.2, -0.15) is 0 Å². The van der Waals surface area contributed by atoms with Crippen LogP contribution >= 0.6 is 0 Å². The molecule has 0 aliphatic carbocycles. The summed E-state index contributed by atoms with van der Waals surface area (Å²) in [5.74, 6) is 2.44. The molecule has 30 heavy (non-hydrogen) atoms. The molecule has 0 radical (unpaired) electrons. The number of hydrogen-bond acceptors (Lipinski definition) is 7. The minimum atomic E-state index is -3.13. The summed E-state index contributed by atoms with van der Waals surface area (Å²) in [7, 11) is -3.13. The maximum atomic E-state index is 12.2. The highest BCUT2D eigenvalue weighted by atomic mass is 32.2. The molecule has 0 saturated carbocycles. The first-order chi connectivity index (χ1) is 14.3. The van der Waals surface area contributed by atoms with Crippen LogP contribution in [0.3, 0.4) is 0 Å². The second-order valence-electron chi connectivity index (χ2n) is 8.21. The van der Waals surface area contributed by atoms with Gasteiger partial charge in [-0.3, -0.25) is 0 Å². The van der Waals surface area contributed by atoms with Crippen LogP contribution in [-0.2, 0) is 10.0 Å². The molecule has 2 aliphatic rings. The van der Waals surface area contributed by atoms with Crippen LogP contribution in [-0.4, -0.2) is 64.6 Å². The SMILES string of the molecule is CCS(=O)(=O)N1CC2CN(c3cnc(N)c(-c4nc5ccc(C)cc5[nH]4)n3)CC2C1. The Labute approximate surface area is 175 Å². The molecule has 2 saturated heterocycles. The van der Waals surface area contributed by atoms with E-state index in [-0.39, 0.29) is 5.75 Å². The number of imidazole rings is 1. The van der Waals surface area contributed by atoms with Gasteiger partial charge in [0, 0.05) is 26.2 Å². The van der Waals surface area contributed by atoms with Gasteiger partial charge >= 0.3 is 0 Å². The second-order valence-corrected chi connectivity index (χ2v) is 10.5. The first kappa shape index (κ1) is 19.3. The highest BCUT2D eigenvalue weighted by molar-refractivity contribution is 7.89. The fourth-order valence-electron chi connectivity index (χ4n) is 4.50. The molecule has 4 heterocycles. The van der Waals surface area contributed by atoms with E-state index >= 15 is 0 Å². The lowest BCUT2D eigenvalue weighted by Crippen LogP contribution is -2.34. The van der Waals surface area contributed by atoms with Crippen molar-refractivity contribution in [1.82, 2.24) is 24.2 Å². The van der Waals surface area contributed by atoms with Crippen LogP contribution in [0.25, 0.3) is 22.6 Å². The molecule has 1 aromatic carbocycles. The predicted molar refractivity (Wildman–Crippen MR) is 116 cm³/mol. The number of nitrogens with two attached hydrogens (primary N) is 1. The van der Waals surface area contributed by atoms with Crippen LogP contribution in [0.1, 0.15) is 12.5 Å². The number of aromatic nitrogens is 4. The number of nitrogens with one attached hydrogen (secondary N) is 1. The quantitative estimate of drug-likeness (QED) is 0.649. The highest BCUT2D eigenvalue weighted by Gasteiger charge is 2.43. The van der Waals surface area contributed by atoms with Crippen molar-refractivity contribution in [1.29, 1.82) is 0 Å². The van der Waals surface area contributed by atoms with Crippen molar-refractivity contribution in [2.75, 3.05) is 42.6 Å². The van der Waals surface area contributed by atoms with Crippen molar-refractivity contribution in [3.05, 3.63) is 30.0 Å². The van der Waals surface area contributed by atoms with Crippen molar-refractivity contribution in [2.24, 2.45) is 11.8 Å². The Morgan fingerprint density at radius 2 is 1.90 bits per heavy atom. The van der Waals surface area contributed by atoms with Gasteiger partial charge in [0.05, 0.1) is 23.0 Å². The summed E-state index contributed by atoms with van der Waals surface area (Å²) < 4.78 is 26.0. The Bertz CT molecular complexity index is 1210. The number of nitrogens with zero attached hydrogens (tertiary/aromatic N) is 5. The normalized spacial score (nSPS) is 22.1. The number of aromatic amines is 1. The minimum Gasteiger partial charge on any atom is -0.382 e. The van der Waals surface area contributed by atoms with Gasteiger partial charge in [-0.05, 0) is 43.4 Å². The lowest BCUT2D eigenvalue weighted by molar-refractivity contribution is 0.454. The molecule has 2 fully saturated rings. The largest absolute Gasteiger partial charge is 0.382 e. The second kappa shape index (κ2) is 6.92. The van der Waals surface area contributed by atoms with Crippen molar-refractivity contribution in [3.8, 4) is 11.5 Å². The molecule has 10 heteroatoms. The van der Waals surface area contributed by atoms with Gasteiger partial charge in [-0.15, -0.1) is 0 Å². The van der Waals surface area contributed by atoms with E-state index in [1.54, 1.807) is 17.4 Å². The number of fused-ring (bicyclic) bond motifs is 2. The number of sulfonamides is 1. The summed E-state index contributed by atoms with van der Waals surface area (Å²) in [5, 5.41) is 0. The van der Waals surface area contributed by atoms with E-state index in [2.05, 4.69) is 19.9 Å². The summed E-state index contributed by atoms with van der Waals surface area (Å²) in [4.78, 5) is 19.2. The zero-order valence-corrected chi connectivity index (χ0v) is 17.9. The fourth-order valence-corrected chi connectivity index (χ4v) is 5.70. The number of hydrogen-bond donors (Lipinski definition) is 2. The molecular formula is C20H25N7O2S. The molecule has 3 aromatic rings. The molecule has 2 atom stereocenters. The van der Waals surface area contributed by atoms with Gasteiger partial charge in [-0.25, -0.2) is 27.7 Å². The topological polar surface area (TPSA) is 121 Å². The number of benzene rings is 1. The molecule has 0 bridgehead atoms. The van der Waals surface area contributed by atoms with Crippen LogP contribution in [0.15, 0.2) is 24.4 Å². The maximum Gasteiger partial charge on any atom is 0.213 e. The lowest BCUT2D eigenvalue weighted by atomic mass is 10.0. The number of rotatable bonds is 4. The van der Waals surface area contributed by atoms with Crippen LogP contribution in [0.5, 0.6) is 0 Å². The van der Waals surface area contributed by atoms with Crippen molar-refractivity contribution in [2.45, 2.75) is 13.8 Å². The molecule has 2 unspecified atom stereocenters. The Hall–Kier alpha value is -2.72. The highest BCUT2D eigenvalue weighted by Crippen LogP contribution is 2.35. The van der Waals surface area contributed by atoms with Gasteiger partial charge in [0.2, 0.25) is 10.0 Å². The zero-order valence-electron chi connectivity index (χ0n) is 17.0. The average Bonchev–Trinajstić information content (AvgIpc) is 3.40. The van der Waals surface area contributed by atoms with E-state index < -0.39 is 10.0 Å². The van der Waals surface area contributed by atoms with Gasteiger partial charge in [0.25, 0.3) is 0 Å². The van der Waals surface area contributed by atoms with Crippen LogP contribution in [0, 0.1) is 18.8 Å². The Morgan fingerprint density at radius 3 is 2.60 bits per heavy atom. The summed E-state index contributed by atoms with van der Waals surface area (Å²) in [6.45, 7) is 6.41. The van der Waals surface area contributed by atoms with Crippen molar-refractivity contribution < 1.29 is 8.42 Å². The number of aryl methyl sites for hydroxylation is 1. The Kier molecular flexibility index (Phi) is 4.44. The number of anilines is 2. The molecular weight excluding hydrogens is 402 g/mol. The zero-order chi connectivity index (χ0) is 21.0. The van der Waals surface area contributed by atoms with Gasteiger partial charge in [-0.1, -0.05) is 6.07 Å². The van der Waals surface area contributed by atoms with E-state index in [1.165, 1.54) is 0 Å². The molecule has 2 aromatic heterocycles. The first-order valence-electron chi connectivity index (χ1n) is 10.2. The smallest absolute Gasteiger partial charge is 0.213 e. The van der Waals surface area contributed by atoms with E-state index in [9.17, 15) is 8.42 Å². The van der Waals surface area contributed by atoms with Crippen LogP contribution in [0.4, 0.5) is 11.6 Å². The fraction of sp³-hybridized carbons (Fsp3) is 0.450. The van der Waals surface area contributed by atoms with E-state index in [0.717, 1.165) is 35.5 Å². The summed E-state index contributed by atoms with van der Waals surface area (Å²) >= 11 is 0. The van der Waals surface area contributed by atoms with E-state index in [1.807, 2.05) is 25.1 Å². The number of H-pyrrole nitrogens is 1. The van der Waals surface area contributed by atoms with Gasteiger partial charge < -0.3 is 15.6 Å². The molecule has 2 aliphatic heterocycles. The van der Waals surface area contributed by atoms with Gasteiger partial charge in [0.15, 0.2) is 17.3 Å². The van der Waals surface area contributed by atoms with E-state index in [0.29, 0.717) is 42.3 Å². The minimum absolute atomic E-state index is 0.153. The van der Waals surface area contributed by atoms with Gasteiger partial charge in [0.1, 0.15) is 5.82 Å². The standard InChI is InChI=1S/C20H25N7O2S/c1-3-30(28,29)27-10-13-8-26(9-14(13)11-27)17-7-22-19(21)18(25-17)20-23-15-5-4-12(2)6-16(15)24-20/h4-7,13-14H,3,8-11H2,1-2H3,(H2,21,22)(H,23,24). The van der Waals surface area contributed by atoms with Crippen molar-refractivity contribution in [3.63, 3.8) is 0 Å². The van der Waals surface area contributed by atoms with E-state index in [4.69, 9.17) is 10.7 Å². The monoisotopic (exact) mass is 427 g/mol. The Morgan fingerprint density at radius 1 is 1.17 bits per heavy atom. The van der Waals surface area contributed by atoms with Crippen LogP contribution < -0.4 is 10.6 Å². The number of nitrogen functional groups attached to an aromatic ring is 1. The predicted octanol–water partition coefficient (Wildman–Crippen LogP) is 1.63. The summed E-state index contributed by atoms with van der Waals surface area (Å²) in [6, 6.07) is 6.02. The van der Waals surface area contributed by atoms with Crippen molar-refractivity contribution >= 4 is 32.7 Å². The summed E-state index contributed by atoms with van der Waals surface area (Å²) in [5.41, 5.74) is 9.59. The third-order valence-electron chi connectivity index (χ3n) is 6.18. The molecule has 5 rings (SSSR count). The molecule has 9 nitrogen and oxygen atoms in total. The first-order valence-corrected chi connectivity index (χ1v) is 11.8.